The van der Waals surface area contributed by atoms with E-state index in [9.17, 15) is 21.6 Å². The number of nitrogens with zero attached hydrogens (tertiary/aromatic N) is 2. The van der Waals surface area contributed by atoms with Crippen molar-refractivity contribution in [1.82, 2.24) is 4.98 Å². The first-order valence-electron chi connectivity index (χ1n) is 11.3. The molecule has 0 saturated heterocycles. The van der Waals surface area contributed by atoms with Crippen molar-refractivity contribution in [3.05, 3.63) is 112 Å². The molecular weight excluding hydrogens is 583 g/mol. The normalized spacial score (nSPS) is 11.6. The van der Waals surface area contributed by atoms with Gasteiger partial charge in [-0.25, -0.2) is 21.8 Å². The summed E-state index contributed by atoms with van der Waals surface area (Å²) in [4.78, 5) is 16.7. The summed E-state index contributed by atoms with van der Waals surface area (Å²) in [6, 6.07) is 21.6. The number of sulfonamides is 2. The lowest BCUT2D eigenvalue weighted by molar-refractivity contribution is 0.102. The molecule has 0 aliphatic rings. The van der Waals surface area contributed by atoms with E-state index in [1.54, 1.807) is 54.6 Å². The van der Waals surface area contributed by atoms with Gasteiger partial charge in [-0.1, -0.05) is 47.5 Å². The molecule has 0 aliphatic carbocycles. The summed E-state index contributed by atoms with van der Waals surface area (Å²) in [6.45, 7) is -0.0245. The molecule has 4 rings (SSSR count). The van der Waals surface area contributed by atoms with Gasteiger partial charge in [0.25, 0.3) is 15.9 Å². The number of halogens is 2. The van der Waals surface area contributed by atoms with Crippen LogP contribution in [-0.4, -0.2) is 34.0 Å². The molecule has 0 saturated carbocycles. The lowest BCUT2D eigenvalue weighted by atomic mass is 10.1. The van der Waals surface area contributed by atoms with Gasteiger partial charge in [0.05, 0.1) is 33.4 Å². The highest BCUT2D eigenvalue weighted by molar-refractivity contribution is 7.92. The Kier molecular flexibility index (Phi) is 8.45. The number of carbonyl (C=O) groups excluding carboxylic acids is 1. The van der Waals surface area contributed by atoms with Crippen molar-refractivity contribution < 1.29 is 21.6 Å². The van der Waals surface area contributed by atoms with E-state index in [4.69, 9.17) is 23.2 Å². The van der Waals surface area contributed by atoms with Crippen LogP contribution in [0.3, 0.4) is 0 Å². The minimum atomic E-state index is -3.85. The monoisotopic (exact) mass is 604 g/mol. The van der Waals surface area contributed by atoms with Gasteiger partial charge >= 0.3 is 0 Å². The Balaban J connectivity index is 1.44. The van der Waals surface area contributed by atoms with Crippen molar-refractivity contribution in [2.45, 2.75) is 11.4 Å². The van der Waals surface area contributed by atoms with E-state index in [-0.39, 0.29) is 33.0 Å². The molecule has 0 atom stereocenters. The quantitative estimate of drug-likeness (QED) is 0.263. The van der Waals surface area contributed by atoms with Crippen molar-refractivity contribution >= 4 is 66.3 Å². The van der Waals surface area contributed by atoms with Crippen LogP contribution in [0, 0.1) is 0 Å². The van der Waals surface area contributed by atoms with Crippen LogP contribution in [0.5, 0.6) is 0 Å². The Morgan fingerprint density at radius 1 is 0.872 bits per heavy atom. The van der Waals surface area contributed by atoms with Gasteiger partial charge in [-0.05, 0) is 66.2 Å². The van der Waals surface area contributed by atoms with E-state index >= 15 is 0 Å². The molecule has 2 N–H and O–H groups in total. The number of hydrogen-bond donors (Lipinski definition) is 2. The second-order valence-electron chi connectivity index (χ2n) is 8.34. The highest BCUT2D eigenvalue weighted by atomic mass is 35.5. The fourth-order valence-corrected chi connectivity index (χ4v) is 5.88. The largest absolute Gasteiger partial charge is 0.322 e. The van der Waals surface area contributed by atoms with Crippen LogP contribution in [0.1, 0.15) is 15.9 Å². The number of hydrogen-bond acceptors (Lipinski definition) is 6. The van der Waals surface area contributed by atoms with Gasteiger partial charge in [0.15, 0.2) is 0 Å². The smallest absolute Gasteiger partial charge is 0.263 e. The molecule has 3 aromatic carbocycles. The molecule has 4 aromatic rings. The lowest BCUT2D eigenvalue weighted by Gasteiger charge is -2.24. The highest BCUT2D eigenvalue weighted by Crippen LogP contribution is 2.34. The minimum absolute atomic E-state index is 0.00532. The summed E-state index contributed by atoms with van der Waals surface area (Å²) in [5, 5.41) is 3.05. The van der Waals surface area contributed by atoms with Gasteiger partial charge in [-0.2, -0.15) is 0 Å². The predicted molar refractivity (Wildman–Crippen MR) is 153 cm³/mol. The van der Waals surface area contributed by atoms with Crippen molar-refractivity contribution in [3.63, 3.8) is 0 Å². The summed E-state index contributed by atoms with van der Waals surface area (Å²) >= 11 is 12.3. The maximum atomic E-state index is 12.7. The first-order chi connectivity index (χ1) is 18.4. The topological polar surface area (TPSA) is 126 Å². The van der Waals surface area contributed by atoms with Gasteiger partial charge < -0.3 is 5.32 Å². The molecule has 0 radical (unpaired) electrons. The average molecular weight is 606 g/mol. The molecule has 1 aromatic heterocycles. The van der Waals surface area contributed by atoms with Crippen molar-refractivity contribution in [2.24, 2.45) is 0 Å². The SMILES string of the molecule is CS(=O)(=O)N(Cc1ccc(C(=O)Nc2ccc(S(=O)(=O)Nc3ccccn3)cc2)cc1)c1cccc(Cl)c1Cl. The van der Waals surface area contributed by atoms with Crippen molar-refractivity contribution in [2.75, 3.05) is 20.6 Å². The zero-order valence-electron chi connectivity index (χ0n) is 20.4. The summed E-state index contributed by atoms with van der Waals surface area (Å²) < 4.78 is 53.6. The number of rotatable bonds is 9. The van der Waals surface area contributed by atoms with Crippen LogP contribution in [0.2, 0.25) is 10.0 Å². The van der Waals surface area contributed by atoms with Crippen molar-refractivity contribution in [3.8, 4) is 0 Å². The second-order valence-corrected chi connectivity index (χ2v) is 12.7. The van der Waals surface area contributed by atoms with E-state index in [2.05, 4.69) is 15.0 Å². The van der Waals surface area contributed by atoms with E-state index in [0.29, 0.717) is 16.8 Å². The molecule has 9 nitrogen and oxygen atoms in total. The number of amides is 1. The summed E-state index contributed by atoms with van der Waals surface area (Å²) in [6.07, 6.45) is 2.54. The van der Waals surface area contributed by atoms with Gasteiger partial charge in [-0.3, -0.25) is 13.8 Å². The Morgan fingerprint density at radius 2 is 1.56 bits per heavy atom. The number of anilines is 3. The molecule has 202 valence electrons. The van der Waals surface area contributed by atoms with Gasteiger partial charge in [0.1, 0.15) is 5.82 Å². The predicted octanol–water partition coefficient (Wildman–Crippen LogP) is 5.41. The number of pyridine rings is 1. The molecule has 0 unspecified atom stereocenters. The fraction of sp³-hybridized carbons (Fsp3) is 0.0769. The third-order valence-corrected chi connectivity index (χ3v) is 8.77. The van der Waals surface area contributed by atoms with E-state index in [1.165, 1.54) is 36.5 Å². The Labute approximate surface area is 236 Å². The zero-order chi connectivity index (χ0) is 28.2. The van der Waals surface area contributed by atoms with Crippen molar-refractivity contribution in [1.29, 1.82) is 0 Å². The number of nitrogens with one attached hydrogen (secondary N) is 2. The number of aromatic nitrogens is 1. The maximum absolute atomic E-state index is 12.7. The lowest BCUT2D eigenvalue weighted by Crippen LogP contribution is -2.29. The van der Waals surface area contributed by atoms with Crippen LogP contribution < -0.4 is 14.3 Å². The van der Waals surface area contributed by atoms with E-state index in [0.717, 1.165) is 10.6 Å². The molecule has 0 fully saturated rings. The second kappa shape index (κ2) is 11.6. The molecule has 0 bridgehead atoms. The molecule has 0 spiro atoms. The van der Waals surface area contributed by atoms with Crippen LogP contribution >= 0.6 is 23.2 Å². The minimum Gasteiger partial charge on any atom is -0.322 e. The molecular formula is C26H22Cl2N4O5S2. The first kappa shape index (κ1) is 28.4. The van der Waals surface area contributed by atoms with Gasteiger partial charge in [0, 0.05) is 17.4 Å². The van der Waals surface area contributed by atoms with E-state index in [1.807, 2.05) is 0 Å². The third kappa shape index (κ3) is 7.07. The van der Waals surface area contributed by atoms with Crippen LogP contribution in [0.15, 0.2) is 96.0 Å². The Bertz CT molecular complexity index is 1700. The Hall–Kier alpha value is -3.64. The van der Waals surface area contributed by atoms with Crippen LogP contribution in [-0.2, 0) is 26.6 Å². The molecule has 13 heteroatoms. The third-order valence-electron chi connectivity index (χ3n) is 5.47. The fourth-order valence-electron chi connectivity index (χ4n) is 3.53. The summed E-state index contributed by atoms with van der Waals surface area (Å²) in [5.74, 6) is -0.240. The first-order valence-corrected chi connectivity index (χ1v) is 15.4. The van der Waals surface area contributed by atoms with Gasteiger partial charge in [0.2, 0.25) is 10.0 Å². The molecule has 1 amide bonds. The highest BCUT2D eigenvalue weighted by Gasteiger charge is 2.22. The maximum Gasteiger partial charge on any atom is 0.263 e. The Morgan fingerprint density at radius 3 is 2.18 bits per heavy atom. The number of benzene rings is 3. The van der Waals surface area contributed by atoms with Crippen LogP contribution in [0.25, 0.3) is 0 Å². The summed E-state index contributed by atoms with van der Waals surface area (Å²) in [5.41, 5.74) is 1.57. The summed E-state index contributed by atoms with van der Waals surface area (Å²) in [7, 11) is -7.54. The standard InChI is InChI=1S/C26H22Cl2N4O5S2/c1-38(34,35)32(23-6-4-5-22(27)25(23)28)17-18-8-10-19(11-9-18)26(33)30-20-12-14-21(15-13-20)39(36,37)31-24-7-2-3-16-29-24/h2-16H,17H2,1H3,(H,29,31)(H,30,33). The average Bonchev–Trinajstić information content (AvgIpc) is 2.89. The number of carbonyl (C=O) groups is 1. The zero-order valence-corrected chi connectivity index (χ0v) is 23.5. The molecule has 39 heavy (non-hydrogen) atoms. The molecule has 1 heterocycles. The van der Waals surface area contributed by atoms with E-state index < -0.39 is 26.0 Å². The molecule has 0 aliphatic heterocycles. The van der Waals surface area contributed by atoms with Gasteiger partial charge in [-0.15, -0.1) is 0 Å². The van der Waals surface area contributed by atoms with Crippen LogP contribution in [0.4, 0.5) is 17.2 Å².